The molecule has 0 aromatic heterocycles. The summed E-state index contributed by atoms with van der Waals surface area (Å²) in [6, 6.07) is 8.36. The number of hydrogen-bond donors (Lipinski definition) is 1. The van der Waals surface area contributed by atoms with Crippen LogP contribution in [0.4, 0.5) is 0 Å². The molecule has 12 heavy (non-hydrogen) atoms. The van der Waals surface area contributed by atoms with Gasteiger partial charge in [-0.1, -0.05) is 36.4 Å². The Bertz CT molecular complexity index is 259. The third kappa shape index (κ3) is 2.12. The van der Waals surface area contributed by atoms with Crippen molar-refractivity contribution >= 4 is 5.70 Å². The molecule has 0 saturated heterocycles. The third-order valence-electron chi connectivity index (χ3n) is 1.79. The Hall–Kier alpha value is -1.24. The van der Waals surface area contributed by atoms with Gasteiger partial charge in [-0.3, -0.25) is 0 Å². The first-order valence-corrected chi connectivity index (χ1v) is 4.24. The second-order valence-corrected chi connectivity index (χ2v) is 2.87. The molecule has 0 amide bonds. The van der Waals surface area contributed by atoms with Gasteiger partial charge in [0.15, 0.2) is 0 Å². The molecule has 1 aromatic carbocycles. The van der Waals surface area contributed by atoms with Crippen molar-refractivity contribution in [1.82, 2.24) is 5.32 Å². The van der Waals surface area contributed by atoms with E-state index >= 15 is 0 Å². The van der Waals surface area contributed by atoms with Gasteiger partial charge < -0.3 is 5.32 Å². The van der Waals surface area contributed by atoms with Gasteiger partial charge in [0.1, 0.15) is 0 Å². The first-order chi connectivity index (χ1) is 5.74. The van der Waals surface area contributed by atoms with Gasteiger partial charge in [0.25, 0.3) is 0 Å². The molecule has 1 nitrogen and oxygen atoms in total. The van der Waals surface area contributed by atoms with Gasteiger partial charge in [0, 0.05) is 12.2 Å². The van der Waals surface area contributed by atoms with Crippen molar-refractivity contribution in [3.05, 3.63) is 42.0 Å². The topological polar surface area (TPSA) is 12.0 Å². The van der Waals surface area contributed by atoms with Crippen LogP contribution in [0, 0.1) is 6.92 Å². The van der Waals surface area contributed by atoms with E-state index in [4.69, 9.17) is 0 Å². The van der Waals surface area contributed by atoms with E-state index < -0.39 is 0 Å². The van der Waals surface area contributed by atoms with E-state index in [2.05, 4.69) is 50.0 Å². The Morgan fingerprint density at radius 2 is 1.92 bits per heavy atom. The first kappa shape index (κ1) is 8.85. The maximum absolute atomic E-state index is 3.93. The third-order valence-corrected chi connectivity index (χ3v) is 1.79. The van der Waals surface area contributed by atoms with E-state index in [1.807, 2.05) is 0 Å². The average Bonchev–Trinajstić information content (AvgIpc) is 2.06. The van der Waals surface area contributed by atoms with Crippen molar-refractivity contribution in [3.63, 3.8) is 0 Å². The lowest BCUT2D eigenvalue weighted by atomic mass is 10.1. The highest BCUT2D eigenvalue weighted by atomic mass is 14.9. The Morgan fingerprint density at radius 1 is 1.33 bits per heavy atom. The molecule has 0 aliphatic rings. The van der Waals surface area contributed by atoms with Crippen LogP contribution in [0.25, 0.3) is 5.70 Å². The highest BCUT2D eigenvalue weighted by Crippen LogP contribution is 2.09. The van der Waals surface area contributed by atoms with Crippen molar-refractivity contribution in [2.24, 2.45) is 0 Å². The summed E-state index contributed by atoms with van der Waals surface area (Å²) in [6.45, 7) is 9.01. The van der Waals surface area contributed by atoms with Crippen LogP contribution in [-0.2, 0) is 0 Å². The lowest BCUT2D eigenvalue weighted by molar-refractivity contribution is 0.942. The zero-order valence-corrected chi connectivity index (χ0v) is 7.72. The van der Waals surface area contributed by atoms with E-state index in [9.17, 15) is 0 Å². The minimum absolute atomic E-state index is 0.923. The number of benzene rings is 1. The lowest BCUT2D eigenvalue weighted by Gasteiger charge is -2.06. The fraction of sp³-hybridized carbons (Fsp3) is 0.273. The van der Waals surface area contributed by atoms with Crippen LogP contribution < -0.4 is 5.32 Å². The summed E-state index contributed by atoms with van der Waals surface area (Å²) in [5.74, 6) is 0. The quantitative estimate of drug-likeness (QED) is 0.718. The fourth-order valence-corrected chi connectivity index (χ4v) is 1.07. The molecule has 0 aliphatic heterocycles. The van der Waals surface area contributed by atoms with Gasteiger partial charge in [0.05, 0.1) is 0 Å². The van der Waals surface area contributed by atoms with E-state index in [1.54, 1.807) is 0 Å². The summed E-state index contributed by atoms with van der Waals surface area (Å²) in [7, 11) is 0. The first-order valence-electron chi connectivity index (χ1n) is 4.24. The highest BCUT2D eigenvalue weighted by Gasteiger charge is 1.94. The molecule has 1 aromatic rings. The monoisotopic (exact) mass is 161 g/mol. The standard InChI is InChI=1S/C11H15N/c1-4-12-10(3)11-7-5-9(2)6-8-11/h5-8,12H,3-4H2,1-2H3. The largest absolute Gasteiger partial charge is 0.385 e. The van der Waals surface area contributed by atoms with Crippen molar-refractivity contribution in [3.8, 4) is 0 Å². The van der Waals surface area contributed by atoms with Crippen LogP contribution in [0.2, 0.25) is 0 Å². The Morgan fingerprint density at radius 3 is 2.42 bits per heavy atom. The normalized spacial score (nSPS) is 9.50. The van der Waals surface area contributed by atoms with Gasteiger partial charge in [-0.15, -0.1) is 0 Å². The molecule has 0 saturated carbocycles. The summed E-state index contributed by atoms with van der Waals surface area (Å²) >= 11 is 0. The van der Waals surface area contributed by atoms with E-state index in [0.717, 1.165) is 12.2 Å². The van der Waals surface area contributed by atoms with Gasteiger partial charge in [0.2, 0.25) is 0 Å². The molecular formula is C11H15N. The van der Waals surface area contributed by atoms with Crippen LogP contribution >= 0.6 is 0 Å². The molecule has 1 heteroatoms. The molecule has 0 atom stereocenters. The molecule has 0 radical (unpaired) electrons. The van der Waals surface area contributed by atoms with Crippen LogP contribution in [0.3, 0.4) is 0 Å². The maximum atomic E-state index is 3.93. The molecule has 0 fully saturated rings. The number of hydrogen-bond acceptors (Lipinski definition) is 1. The fourth-order valence-electron chi connectivity index (χ4n) is 1.07. The molecule has 64 valence electrons. The van der Waals surface area contributed by atoms with Gasteiger partial charge in [-0.05, 0) is 19.4 Å². The average molecular weight is 161 g/mol. The van der Waals surface area contributed by atoms with Crippen molar-refractivity contribution in [2.75, 3.05) is 6.54 Å². The minimum Gasteiger partial charge on any atom is -0.385 e. The van der Waals surface area contributed by atoms with Crippen molar-refractivity contribution in [2.45, 2.75) is 13.8 Å². The van der Waals surface area contributed by atoms with Crippen LogP contribution in [0.5, 0.6) is 0 Å². The second kappa shape index (κ2) is 3.96. The smallest absolute Gasteiger partial charge is 0.0340 e. The number of aryl methyl sites for hydroxylation is 1. The van der Waals surface area contributed by atoms with Gasteiger partial charge >= 0.3 is 0 Å². The van der Waals surface area contributed by atoms with Crippen LogP contribution in [-0.4, -0.2) is 6.54 Å². The molecule has 0 bridgehead atoms. The summed E-state index contributed by atoms with van der Waals surface area (Å²) in [6.07, 6.45) is 0. The SMILES string of the molecule is C=C(NCC)c1ccc(C)cc1. The summed E-state index contributed by atoms with van der Waals surface area (Å²) in [5, 5.41) is 3.19. The predicted octanol–water partition coefficient (Wildman–Crippen LogP) is 2.58. The Labute approximate surface area is 74.1 Å². The molecule has 0 aliphatic carbocycles. The summed E-state index contributed by atoms with van der Waals surface area (Å²) in [4.78, 5) is 0. The van der Waals surface area contributed by atoms with Crippen molar-refractivity contribution < 1.29 is 0 Å². The summed E-state index contributed by atoms with van der Waals surface area (Å²) in [5.41, 5.74) is 3.45. The molecule has 1 rings (SSSR count). The Kier molecular flexibility index (Phi) is 2.92. The molecular weight excluding hydrogens is 146 g/mol. The van der Waals surface area contributed by atoms with E-state index in [1.165, 1.54) is 11.1 Å². The predicted molar refractivity (Wildman–Crippen MR) is 53.9 cm³/mol. The minimum atomic E-state index is 0.923. The van der Waals surface area contributed by atoms with Gasteiger partial charge in [-0.25, -0.2) is 0 Å². The molecule has 0 unspecified atom stereocenters. The molecule has 0 heterocycles. The second-order valence-electron chi connectivity index (χ2n) is 2.87. The number of nitrogens with one attached hydrogen (secondary N) is 1. The van der Waals surface area contributed by atoms with Gasteiger partial charge in [-0.2, -0.15) is 0 Å². The van der Waals surface area contributed by atoms with Crippen LogP contribution in [0.15, 0.2) is 30.8 Å². The molecule has 0 spiro atoms. The number of rotatable bonds is 3. The summed E-state index contributed by atoms with van der Waals surface area (Å²) < 4.78 is 0. The lowest BCUT2D eigenvalue weighted by Crippen LogP contribution is -2.09. The van der Waals surface area contributed by atoms with Crippen molar-refractivity contribution in [1.29, 1.82) is 0 Å². The highest BCUT2D eigenvalue weighted by molar-refractivity contribution is 5.61. The zero-order valence-electron chi connectivity index (χ0n) is 7.72. The van der Waals surface area contributed by atoms with E-state index in [-0.39, 0.29) is 0 Å². The maximum Gasteiger partial charge on any atom is 0.0340 e. The molecule has 1 N–H and O–H groups in total. The Balaban J connectivity index is 2.75. The van der Waals surface area contributed by atoms with E-state index in [0.29, 0.717) is 0 Å². The zero-order chi connectivity index (χ0) is 8.97. The van der Waals surface area contributed by atoms with Crippen LogP contribution in [0.1, 0.15) is 18.1 Å².